The van der Waals surface area contributed by atoms with Gasteiger partial charge in [0.1, 0.15) is 0 Å². The Morgan fingerprint density at radius 2 is 1.94 bits per heavy atom. The Hall–Kier alpha value is -0.680. The second-order valence-electron chi connectivity index (χ2n) is 3.55. The number of hydrogen-bond acceptors (Lipinski definition) is 4. The van der Waals surface area contributed by atoms with Crippen LogP contribution in [-0.4, -0.2) is 23.7 Å². The Morgan fingerprint density at radius 1 is 1.35 bits per heavy atom. The van der Waals surface area contributed by atoms with Gasteiger partial charge in [-0.2, -0.15) is 0 Å². The molecule has 5 heteroatoms. The summed E-state index contributed by atoms with van der Waals surface area (Å²) in [6.07, 6.45) is 0. The van der Waals surface area contributed by atoms with Crippen LogP contribution in [-0.2, 0) is 9.53 Å². The number of aliphatic hydroxyl groups excluding tert-OH is 1. The summed E-state index contributed by atoms with van der Waals surface area (Å²) in [6, 6.07) is 6.76. The molecule has 0 bridgehead atoms. The van der Waals surface area contributed by atoms with Gasteiger partial charge in [0.2, 0.25) is 0 Å². The van der Waals surface area contributed by atoms with E-state index < -0.39 is 11.9 Å². The van der Waals surface area contributed by atoms with E-state index in [1.165, 1.54) is 6.92 Å². The van der Waals surface area contributed by atoms with Crippen molar-refractivity contribution in [3.8, 4) is 0 Å². The average Bonchev–Trinajstić information content (AvgIpc) is 2.27. The van der Waals surface area contributed by atoms with Crippen LogP contribution in [0.3, 0.4) is 0 Å². The molecule has 1 aromatic rings. The topological polar surface area (TPSA) is 63.6 Å². The summed E-state index contributed by atoms with van der Waals surface area (Å²) in [4.78, 5) is 22.3. The predicted molar refractivity (Wildman–Crippen MR) is 58.0 cm³/mol. The van der Waals surface area contributed by atoms with Gasteiger partial charge < -0.3 is 9.84 Å². The summed E-state index contributed by atoms with van der Waals surface area (Å²) in [7, 11) is 0. The van der Waals surface area contributed by atoms with Crippen LogP contribution in [0.1, 0.15) is 35.7 Å². The van der Waals surface area contributed by atoms with E-state index in [2.05, 4.69) is 4.74 Å². The smallest absolute Gasteiger partial charge is 0.396 e. The predicted octanol–water partition coefficient (Wildman–Crippen LogP) is -1.51. The molecule has 0 aliphatic rings. The van der Waals surface area contributed by atoms with Crippen LogP contribution < -0.4 is 29.6 Å². The monoisotopic (exact) mass is 245 g/mol. The maximum Gasteiger partial charge on any atom is 1.00 e. The summed E-state index contributed by atoms with van der Waals surface area (Å²) in [6.45, 7) is 2.90. The van der Waals surface area contributed by atoms with E-state index in [-0.39, 0.29) is 42.1 Å². The quantitative estimate of drug-likeness (QED) is 0.399. The van der Waals surface area contributed by atoms with E-state index >= 15 is 0 Å². The fourth-order valence-corrected chi connectivity index (χ4v) is 1.40. The van der Waals surface area contributed by atoms with Crippen LogP contribution in [0.4, 0.5) is 0 Å². The van der Waals surface area contributed by atoms with Gasteiger partial charge in [-0.3, -0.25) is 4.79 Å². The molecule has 1 unspecified atom stereocenters. The molecule has 1 aromatic carbocycles. The zero-order valence-electron chi connectivity index (χ0n) is 10.3. The Kier molecular flexibility index (Phi) is 7.30. The zero-order valence-corrected chi connectivity index (χ0v) is 12.3. The molecule has 0 heterocycles. The minimum atomic E-state index is -0.677. The molecule has 86 valence electrons. The molecule has 0 aliphatic heterocycles. The summed E-state index contributed by atoms with van der Waals surface area (Å²) >= 11 is 0. The van der Waals surface area contributed by atoms with Gasteiger partial charge in [0.25, 0.3) is 0 Å². The van der Waals surface area contributed by atoms with Gasteiger partial charge in [-0.1, -0.05) is 25.1 Å². The zero-order chi connectivity index (χ0) is 12.1. The molecule has 0 spiro atoms. The summed E-state index contributed by atoms with van der Waals surface area (Å²) in [5.74, 6) is -1.49. The second-order valence-corrected chi connectivity index (χ2v) is 3.55. The number of hydrogen-bond donors (Lipinski definition) is 1. The van der Waals surface area contributed by atoms with Gasteiger partial charge in [-0.15, -0.1) is 0 Å². The van der Waals surface area contributed by atoms with Gasteiger partial charge in [-0.25, -0.2) is 4.79 Å². The Morgan fingerprint density at radius 3 is 2.47 bits per heavy atom. The van der Waals surface area contributed by atoms with E-state index in [4.69, 9.17) is 5.11 Å². The van der Waals surface area contributed by atoms with E-state index in [9.17, 15) is 9.59 Å². The van der Waals surface area contributed by atoms with Crippen molar-refractivity contribution >= 4 is 11.9 Å². The van der Waals surface area contributed by atoms with Crippen molar-refractivity contribution < 1.29 is 49.0 Å². The van der Waals surface area contributed by atoms with Gasteiger partial charge >= 0.3 is 41.5 Å². The fourth-order valence-electron chi connectivity index (χ4n) is 1.40. The van der Waals surface area contributed by atoms with Crippen molar-refractivity contribution in [3.05, 3.63) is 35.4 Å². The molecular formula is C12H14NaO4+. The number of benzene rings is 1. The number of carbonyl (C=O) groups excluding carboxylic acids is 2. The molecule has 0 aliphatic carbocycles. The largest absolute Gasteiger partial charge is 1.00 e. The molecule has 1 rings (SSSR count). The first-order valence-electron chi connectivity index (χ1n) is 4.98. The first kappa shape index (κ1) is 16.3. The van der Waals surface area contributed by atoms with Gasteiger partial charge in [0, 0.05) is 19.4 Å². The second kappa shape index (κ2) is 7.61. The number of ether oxygens (including phenoxy) is 1. The number of rotatable bonds is 3. The van der Waals surface area contributed by atoms with Crippen LogP contribution >= 0.6 is 0 Å². The minimum absolute atomic E-state index is 0. The maximum absolute atomic E-state index is 11.6. The van der Waals surface area contributed by atoms with Crippen LogP contribution in [0, 0.1) is 0 Å². The van der Waals surface area contributed by atoms with Crippen molar-refractivity contribution in [2.24, 2.45) is 0 Å². The molecule has 4 nitrogen and oxygen atoms in total. The van der Waals surface area contributed by atoms with E-state index in [1.807, 2.05) is 0 Å². The van der Waals surface area contributed by atoms with E-state index in [1.54, 1.807) is 31.2 Å². The van der Waals surface area contributed by atoms with Crippen molar-refractivity contribution in [1.29, 1.82) is 0 Å². The number of carbonyl (C=O) groups is 2. The third-order valence-electron chi connectivity index (χ3n) is 2.22. The molecule has 1 atom stereocenters. The SMILES string of the molecule is CC(=O)OC(=O)c1ccccc1C(C)CO.[Na+]. The van der Waals surface area contributed by atoms with Gasteiger partial charge in [-0.05, 0) is 11.6 Å². The molecule has 0 aromatic heterocycles. The van der Waals surface area contributed by atoms with Crippen molar-refractivity contribution in [2.45, 2.75) is 19.8 Å². The fraction of sp³-hybridized carbons (Fsp3) is 0.333. The first-order valence-corrected chi connectivity index (χ1v) is 4.98. The van der Waals surface area contributed by atoms with E-state index in [0.717, 1.165) is 0 Å². The Bertz CT molecular complexity index is 403. The Labute approximate surface area is 122 Å². The standard InChI is InChI=1S/C12H14O4.Na/c1-8(7-13)10-5-3-4-6-11(10)12(15)16-9(2)14;/h3-6,8,13H,7H2,1-2H3;/q;+1. The average molecular weight is 245 g/mol. The normalized spacial score (nSPS) is 11.2. The molecule has 0 radical (unpaired) electrons. The maximum atomic E-state index is 11.6. The van der Waals surface area contributed by atoms with Crippen LogP contribution in [0.5, 0.6) is 0 Å². The molecular weight excluding hydrogens is 231 g/mol. The third kappa shape index (κ3) is 4.60. The van der Waals surface area contributed by atoms with Gasteiger partial charge in [0.15, 0.2) is 0 Å². The van der Waals surface area contributed by atoms with Crippen LogP contribution in [0.15, 0.2) is 24.3 Å². The molecule has 17 heavy (non-hydrogen) atoms. The van der Waals surface area contributed by atoms with E-state index in [0.29, 0.717) is 11.1 Å². The van der Waals surface area contributed by atoms with Crippen molar-refractivity contribution in [1.82, 2.24) is 0 Å². The molecule has 0 saturated carbocycles. The third-order valence-corrected chi connectivity index (χ3v) is 2.22. The Balaban J connectivity index is 0.00000256. The first-order chi connectivity index (χ1) is 7.56. The minimum Gasteiger partial charge on any atom is -0.396 e. The van der Waals surface area contributed by atoms with Crippen molar-refractivity contribution in [3.63, 3.8) is 0 Å². The van der Waals surface area contributed by atoms with Crippen LogP contribution in [0.25, 0.3) is 0 Å². The van der Waals surface area contributed by atoms with Crippen molar-refractivity contribution in [2.75, 3.05) is 6.61 Å². The molecule has 0 amide bonds. The summed E-state index contributed by atoms with van der Waals surface area (Å²) in [5.41, 5.74) is 0.996. The summed E-state index contributed by atoms with van der Waals surface area (Å²) < 4.78 is 4.51. The number of esters is 2. The van der Waals surface area contributed by atoms with Gasteiger partial charge in [0.05, 0.1) is 5.56 Å². The molecule has 0 fully saturated rings. The number of aliphatic hydroxyl groups is 1. The summed E-state index contributed by atoms with van der Waals surface area (Å²) in [5, 5.41) is 9.06. The molecule has 1 N–H and O–H groups in total. The van der Waals surface area contributed by atoms with Crippen LogP contribution in [0.2, 0.25) is 0 Å². The molecule has 0 saturated heterocycles.